The normalized spacial score (nSPS) is 14.4. The van der Waals surface area contributed by atoms with Gasteiger partial charge in [0, 0.05) is 43.1 Å². The van der Waals surface area contributed by atoms with Crippen LogP contribution >= 0.6 is 11.6 Å². The highest BCUT2D eigenvalue weighted by atomic mass is 35.5. The molecule has 0 radical (unpaired) electrons. The number of amides is 2. The lowest BCUT2D eigenvalue weighted by molar-refractivity contribution is -0.117. The fourth-order valence-electron chi connectivity index (χ4n) is 3.58. The molecule has 4 rings (SSSR count). The number of aromatic nitrogens is 2. The van der Waals surface area contributed by atoms with Crippen LogP contribution in [0.5, 0.6) is 0 Å². The third-order valence-corrected chi connectivity index (χ3v) is 5.62. The van der Waals surface area contributed by atoms with Crippen LogP contribution in [0, 0.1) is 0 Å². The van der Waals surface area contributed by atoms with Crippen molar-refractivity contribution in [3.8, 4) is 0 Å². The number of benzene rings is 2. The van der Waals surface area contributed by atoms with Gasteiger partial charge in [0.2, 0.25) is 5.91 Å². The molecule has 1 aliphatic heterocycles. The van der Waals surface area contributed by atoms with E-state index >= 15 is 0 Å². The van der Waals surface area contributed by atoms with Gasteiger partial charge in [-0.1, -0.05) is 48.0 Å². The van der Waals surface area contributed by atoms with Gasteiger partial charge in [0.15, 0.2) is 0 Å². The zero-order valence-corrected chi connectivity index (χ0v) is 17.8. The van der Waals surface area contributed by atoms with Crippen LogP contribution in [-0.2, 0) is 11.3 Å². The molecule has 31 heavy (non-hydrogen) atoms. The Bertz CT molecular complexity index is 1040. The molecule has 3 aromatic rings. The molecule has 0 aliphatic carbocycles. The second-order valence-corrected chi connectivity index (χ2v) is 7.91. The molecule has 0 saturated carbocycles. The Balaban J connectivity index is 1.27. The molecule has 2 amide bonds. The van der Waals surface area contributed by atoms with E-state index in [0.717, 1.165) is 11.3 Å². The van der Waals surface area contributed by atoms with Crippen LogP contribution in [0.3, 0.4) is 0 Å². The van der Waals surface area contributed by atoms with Crippen molar-refractivity contribution < 1.29 is 9.59 Å². The van der Waals surface area contributed by atoms with E-state index in [4.69, 9.17) is 11.6 Å². The van der Waals surface area contributed by atoms with Gasteiger partial charge in [0.25, 0.3) is 5.91 Å². The molecule has 0 bridgehead atoms. The number of anilines is 1. The molecule has 2 heterocycles. The van der Waals surface area contributed by atoms with Crippen LogP contribution in [0.25, 0.3) is 0 Å². The number of para-hydroxylation sites is 1. The molecule has 2 aromatic carbocycles. The molecule has 1 fully saturated rings. The van der Waals surface area contributed by atoms with E-state index in [1.54, 1.807) is 17.1 Å². The second-order valence-electron chi connectivity index (χ2n) is 7.50. The van der Waals surface area contributed by atoms with Crippen LogP contribution in [0.1, 0.15) is 15.9 Å². The van der Waals surface area contributed by atoms with Gasteiger partial charge >= 0.3 is 0 Å². The summed E-state index contributed by atoms with van der Waals surface area (Å²) in [7, 11) is 0. The Kier molecular flexibility index (Phi) is 6.64. The van der Waals surface area contributed by atoms with Crippen molar-refractivity contribution in [3.05, 3.63) is 83.1 Å². The Hall–Kier alpha value is -3.16. The molecule has 0 atom stereocenters. The summed E-state index contributed by atoms with van der Waals surface area (Å²) in [5.41, 5.74) is 2.30. The van der Waals surface area contributed by atoms with Gasteiger partial charge in [-0.25, -0.2) is 0 Å². The molecular formula is C23H24ClN5O2. The van der Waals surface area contributed by atoms with Gasteiger partial charge in [-0.15, -0.1) is 0 Å². The minimum Gasteiger partial charge on any atom is -0.336 e. The zero-order valence-electron chi connectivity index (χ0n) is 17.1. The van der Waals surface area contributed by atoms with E-state index in [-0.39, 0.29) is 11.8 Å². The number of hydrogen-bond donors (Lipinski definition) is 1. The highest BCUT2D eigenvalue weighted by molar-refractivity contribution is 6.31. The van der Waals surface area contributed by atoms with E-state index in [1.165, 1.54) is 0 Å². The fraction of sp³-hybridized carbons (Fsp3) is 0.261. The first-order valence-corrected chi connectivity index (χ1v) is 10.6. The predicted octanol–water partition coefficient (Wildman–Crippen LogP) is 2.98. The van der Waals surface area contributed by atoms with Gasteiger partial charge in [-0.05, 0) is 23.8 Å². The van der Waals surface area contributed by atoms with Crippen molar-refractivity contribution in [2.24, 2.45) is 0 Å². The third-order valence-electron chi connectivity index (χ3n) is 5.25. The van der Waals surface area contributed by atoms with Crippen molar-refractivity contribution in [2.75, 3.05) is 38.0 Å². The molecule has 1 saturated heterocycles. The maximum atomic E-state index is 12.9. The van der Waals surface area contributed by atoms with E-state index in [1.807, 2.05) is 59.5 Å². The van der Waals surface area contributed by atoms with Gasteiger partial charge in [-0.2, -0.15) is 5.10 Å². The minimum absolute atomic E-state index is 0.0428. The van der Waals surface area contributed by atoms with Crippen LogP contribution in [-0.4, -0.2) is 64.1 Å². The average Bonchev–Trinajstić information content (AvgIpc) is 3.25. The molecule has 1 N–H and O–H groups in total. The number of nitrogens with one attached hydrogen (secondary N) is 1. The lowest BCUT2D eigenvalue weighted by atomic mass is 10.2. The van der Waals surface area contributed by atoms with Gasteiger partial charge in [0.05, 0.1) is 24.8 Å². The van der Waals surface area contributed by atoms with Crippen molar-refractivity contribution in [3.63, 3.8) is 0 Å². The summed E-state index contributed by atoms with van der Waals surface area (Å²) in [6.45, 7) is 3.29. The third kappa shape index (κ3) is 5.51. The first kappa shape index (κ1) is 21.1. The predicted molar refractivity (Wildman–Crippen MR) is 120 cm³/mol. The quantitative estimate of drug-likeness (QED) is 0.643. The number of hydrogen-bond acceptors (Lipinski definition) is 4. The number of rotatable bonds is 6. The largest absolute Gasteiger partial charge is 0.336 e. The first-order chi connectivity index (χ1) is 15.1. The average molecular weight is 438 g/mol. The van der Waals surface area contributed by atoms with Gasteiger partial charge in [-0.3, -0.25) is 19.2 Å². The highest BCUT2D eigenvalue weighted by Crippen LogP contribution is 2.16. The smallest absolute Gasteiger partial charge is 0.257 e. The summed E-state index contributed by atoms with van der Waals surface area (Å²) < 4.78 is 1.72. The Morgan fingerprint density at radius 1 is 0.968 bits per heavy atom. The Labute approximate surface area is 186 Å². The summed E-state index contributed by atoms with van der Waals surface area (Å²) in [5, 5.41) is 7.88. The monoisotopic (exact) mass is 437 g/mol. The van der Waals surface area contributed by atoms with Crippen molar-refractivity contribution in [2.45, 2.75) is 6.54 Å². The molecule has 7 nitrogen and oxygen atoms in total. The summed E-state index contributed by atoms with van der Waals surface area (Å²) >= 11 is 6.21. The SMILES string of the molecule is O=C(CN1CCN(C(=O)c2cnn(Cc3ccccc3Cl)c2)CC1)Nc1ccccc1. The molecule has 0 spiro atoms. The Morgan fingerprint density at radius 3 is 2.42 bits per heavy atom. The van der Waals surface area contributed by atoms with E-state index in [0.29, 0.717) is 49.9 Å². The van der Waals surface area contributed by atoms with Gasteiger partial charge in [0.1, 0.15) is 0 Å². The molecule has 1 aromatic heterocycles. The number of piperazine rings is 1. The van der Waals surface area contributed by atoms with Gasteiger partial charge < -0.3 is 10.2 Å². The Morgan fingerprint density at radius 2 is 1.68 bits per heavy atom. The van der Waals surface area contributed by atoms with Crippen LogP contribution in [0.2, 0.25) is 5.02 Å². The summed E-state index contributed by atoms with van der Waals surface area (Å²) in [5.74, 6) is -0.0920. The number of nitrogens with zero attached hydrogens (tertiary/aromatic N) is 4. The molecule has 160 valence electrons. The van der Waals surface area contributed by atoms with Crippen LogP contribution < -0.4 is 5.32 Å². The second kappa shape index (κ2) is 9.76. The standard InChI is InChI=1S/C23H24ClN5O2/c24-21-9-5-4-6-18(21)15-29-16-19(14-25-29)23(31)28-12-10-27(11-13-28)17-22(30)26-20-7-2-1-3-8-20/h1-9,14,16H,10-13,15,17H2,(H,26,30). The van der Waals surface area contributed by atoms with Crippen LogP contribution in [0.15, 0.2) is 67.0 Å². The maximum absolute atomic E-state index is 12.9. The number of carbonyl (C=O) groups excluding carboxylic acids is 2. The van der Waals surface area contributed by atoms with Crippen molar-refractivity contribution >= 4 is 29.1 Å². The topological polar surface area (TPSA) is 70.5 Å². The van der Waals surface area contributed by atoms with Crippen molar-refractivity contribution in [1.82, 2.24) is 19.6 Å². The molecule has 1 aliphatic rings. The lowest BCUT2D eigenvalue weighted by Gasteiger charge is -2.34. The summed E-state index contributed by atoms with van der Waals surface area (Å²) in [4.78, 5) is 29.0. The zero-order chi connectivity index (χ0) is 21.6. The summed E-state index contributed by atoms with van der Waals surface area (Å²) in [6.07, 6.45) is 3.35. The minimum atomic E-state index is -0.0492. The van der Waals surface area contributed by atoms with E-state index < -0.39 is 0 Å². The van der Waals surface area contributed by atoms with Crippen LogP contribution in [0.4, 0.5) is 5.69 Å². The highest BCUT2D eigenvalue weighted by Gasteiger charge is 2.24. The molecule has 8 heteroatoms. The molecular weight excluding hydrogens is 414 g/mol. The fourth-order valence-corrected chi connectivity index (χ4v) is 3.77. The summed E-state index contributed by atoms with van der Waals surface area (Å²) in [6, 6.07) is 17.0. The van der Waals surface area contributed by atoms with E-state index in [9.17, 15) is 9.59 Å². The number of halogens is 1. The lowest BCUT2D eigenvalue weighted by Crippen LogP contribution is -2.50. The number of carbonyl (C=O) groups is 2. The maximum Gasteiger partial charge on any atom is 0.257 e. The van der Waals surface area contributed by atoms with E-state index in [2.05, 4.69) is 15.3 Å². The van der Waals surface area contributed by atoms with Crippen molar-refractivity contribution in [1.29, 1.82) is 0 Å². The molecule has 0 unspecified atom stereocenters. The first-order valence-electron chi connectivity index (χ1n) is 10.2.